The van der Waals surface area contributed by atoms with Gasteiger partial charge in [-0.05, 0) is 38.0 Å². The molecule has 0 atom stereocenters. The van der Waals surface area contributed by atoms with Gasteiger partial charge in [0.05, 0.1) is 31.7 Å². The van der Waals surface area contributed by atoms with Crippen molar-refractivity contribution in [3.63, 3.8) is 0 Å². The van der Waals surface area contributed by atoms with Gasteiger partial charge in [-0.25, -0.2) is 0 Å². The summed E-state index contributed by atoms with van der Waals surface area (Å²) < 4.78 is 5.65. The number of hydrogen-bond acceptors (Lipinski definition) is 3. The molecule has 1 aromatic carbocycles. The van der Waals surface area contributed by atoms with E-state index in [9.17, 15) is 9.90 Å². The van der Waals surface area contributed by atoms with Gasteiger partial charge in [0.1, 0.15) is 5.75 Å². The number of ether oxygens (including phenoxy) is 1. The summed E-state index contributed by atoms with van der Waals surface area (Å²) in [6.45, 7) is 6.97. The summed E-state index contributed by atoms with van der Waals surface area (Å²) in [6, 6.07) is 6.03. The number of likely N-dealkylation sites (tertiary alicyclic amines) is 1. The van der Waals surface area contributed by atoms with E-state index in [-0.39, 0.29) is 5.91 Å². The van der Waals surface area contributed by atoms with Gasteiger partial charge >= 0.3 is 0 Å². The molecule has 1 N–H and O–H groups in total. The number of hydrogen-bond donors (Lipinski definition) is 1. The predicted octanol–water partition coefficient (Wildman–Crippen LogP) is 1.67. The van der Waals surface area contributed by atoms with Crippen molar-refractivity contribution < 1.29 is 14.6 Å². The first-order valence-electron chi connectivity index (χ1n) is 6.58. The topological polar surface area (TPSA) is 49.8 Å². The van der Waals surface area contributed by atoms with Crippen LogP contribution in [0.3, 0.4) is 0 Å². The van der Waals surface area contributed by atoms with Gasteiger partial charge < -0.3 is 14.7 Å². The average molecular weight is 263 g/mol. The van der Waals surface area contributed by atoms with E-state index in [1.165, 1.54) is 0 Å². The van der Waals surface area contributed by atoms with Crippen LogP contribution in [0.4, 0.5) is 0 Å². The molecule has 1 aliphatic heterocycles. The number of aliphatic hydroxyl groups is 1. The second kappa shape index (κ2) is 5.21. The molecule has 0 aromatic heterocycles. The average Bonchev–Trinajstić information content (AvgIpc) is 2.30. The largest absolute Gasteiger partial charge is 0.493 e. The lowest BCUT2D eigenvalue weighted by Crippen LogP contribution is -2.61. The molecule has 1 amide bonds. The summed E-state index contributed by atoms with van der Waals surface area (Å²) in [6.07, 6.45) is 0.351. The molecule has 2 rings (SSSR count). The fourth-order valence-electron chi connectivity index (χ4n) is 2.22. The molecule has 0 spiro atoms. The van der Waals surface area contributed by atoms with Crippen LogP contribution in [0.1, 0.15) is 24.5 Å². The first-order chi connectivity index (χ1) is 8.87. The molecular formula is C15H21NO3. The van der Waals surface area contributed by atoms with Crippen LogP contribution < -0.4 is 4.74 Å². The van der Waals surface area contributed by atoms with Gasteiger partial charge in [-0.15, -0.1) is 0 Å². The molecule has 4 heteroatoms. The molecule has 0 radical (unpaired) electrons. The summed E-state index contributed by atoms with van der Waals surface area (Å²) >= 11 is 0. The lowest BCUT2D eigenvalue weighted by molar-refractivity contribution is -0.152. The SMILES string of the molecule is Cc1ccc(C)c(OCCC(=O)N2CC(C)(O)C2)c1. The van der Waals surface area contributed by atoms with Crippen LogP contribution in [0.5, 0.6) is 5.75 Å². The number of aryl methyl sites for hydroxylation is 2. The third-order valence-corrected chi connectivity index (χ3v) is 3.33. The highest BCUT2D eigenvalue weighted by Gasteiger charge is 2.38. The zero-order valence-corrected chi connectivity index (χ0v) is 11.8. The van der Waals surface area contributed by atoms with E-state index in [1.807, 2.05) is 32.0 Å². The zero-order valence-electron chi connectivity index (χ0n) is 11.8. The Kier molecular flexibility index (Phi) is 3.80. The maximum atomic E-state index is 11.8. The van der Waals surface area contributed by atoms with Crippen molar-refractivity contribution in [1.82, 2.24) is 4.90 Å². The van der Waals surface area contributed by atoms with Crippen molar-refractivity contribution in [3.8, 4) is 5.75 Å². The van der Waals surface area contributed by atoms with E-state index < -0.39 is 5.60 Å². The van der Waals surface area contributed by atoms with Crippen molar-refractivity contribution >= 4 is 5.91 Å². The predicted molar refractivity (Wildman–Crippen MR) is 73.2 cm³/mol. The van der Waals surface area contributed by atoms with Gasteiger partial charge in [-0.1, -0.05) is 12.1 Å². The quantitative estimate of drug-likeness (QED) is 0.899. The van der Waals surface area contributed by atoms with Crippen molar-refractivity contribution in [2.24, 2.45) is 0 Å². The Labute approximate surface area is 114 Å². The van der Waals surface area contributed by atoms with Crippen LogP contribution in [0.2, 0.25) is 0 Å². The minimum atomic E-state index is -0.705. The summed E-state index contributed by atoms with van der Waals surface area (Å²) in [5, 5.41) is 9.58. The number of carbonyl (C=O) groups is 1. The molecule has 0 aliphatic carbocycles. The molecule has 1 aromatic rings. The lowest BCUT2D eigenvalue weighted by Gasteiger charge is -2.44. The van der Waals surface area contributed by atoms with Crippen molar-refractivity contribution in [2.75, 3.05) is 19.7 Å². The Morgan fingerprint density at radius 1 is 1.42 bits per heavy atom. The fourth-order valence-corrected chi connectivity index (χ4v) is 2.22. The highest BCUT2D eigenvalue weighted by Crippen LogP contribution is 2.21. The van der Waals surface area contributed by atoms with Crippen LogP contribution in [-0.4, -0.2) is 41.2 Å². The summed E-state index contributed by atoms with van der Waals surface area (Å²) in [7, 11) is 0. The third kappa shape index (κ3) is 3.47. The Bertz CT molecular complexity index is 474. The van der Waals surface area contributed by atoms with Crippen LogP contribution >= 0.6 is 0 Å². The number of rotatable bonds is 4. The molecular weight excluding hydrogens is 242 g/mol. The zero-order chi connectivity index (χ0) is 14.0. The van der Waals surface area contributed by atoms with Gasteiger partial charge in [-0.2, -0.15) is 0 Å². The Hall–Kier alpha value is -1.55. The second-order valence-corrected chi connectivity index (χ2v) is 5.61. The first kappa shape index (κ1) is 13.9. The molecule has 1 saturated heterocycles. The third-order valence-electron chi connectivity index (χ3n) is 3.33. The Balaban J connectivity index is 1.78. The van der Waals surface area contributed by atoms with Crippen LogP contribution in [0.15, 0.2) is 18.2 Å². The molecule has 104 valence electrons. The van der Waals surface area contributed by atoms with Gasteiger partial charge in [0.2, 0.25) is 5.91 Å². The summed E-state index contributed by atoms with van der Waals surface area (Å²) in [5.41, 5.74) is 1.51. The number of amides is 1. The van der Waals surface area contributed by atoms with Crippen molar-refractivity contribution in [3.05, 3.63) is 29.3 Å². The van der Waals surface area contributed by atoms with E-state index in [4.69, 9.17) is 4.74 Å². The standard InChI is InChI=1S/C15H21NO3/c1-11-4-5-12(2)13(8-11)19-7-6-14(17)16-9-15(3,18)10-16/h4-5,8,18H,6-7,9-10H2,1-3H3. The fraction of sp³-hybridized carbons (Fsp3) is 0.533. The maximum Gasteiger partial charge on any atom is 0.226 e. The van der Waals surface area contributed by atoms with Gasteiger partial charge in [-0.3, -0.25) is 4.79 Å². The molecule has 0 unspecified atom stereocenters. The van der Waals surface area contributed by atoms with Gasteiger partial charge in [0.25, 0.3) is 0 Å². The molecule has 1 aliphatic rings. The first-order valence-corrected chi connectivity index (χ1v) is 6.58. The van der Waals surface area contributed by atoms with Crippen molar-refractivity contribution in [2.45, 2.75) is 32.8 Å². The number of carbonyl (C=O) groups excluding carboxylic acids is 1. The normalized spacial score (nSPS) is 16.9. The van der Waals surface area contributed by atoms with E-state index in [0.29, 0.717) is 26.1 Å². The molecule has 1 fully saturated rings. The van der Waals surface area contributed by atoms with E-state index >= 15 is 0 Å². The second-order valence-electron chi connectivity index (χ2n) is 5.61. The Morgan fingerprint density at radius 2 is 2.11 bits per heavy atom. The molecule has 4 nitrogen and oxygen atoms in total. The van der Waals surface area contributed by atoms with Crippen LogP contribution in [0, 0.1) is 13.8 Å². The minimum absolute atomic E-state index is 0.0387. The molecule has 1 heterocycles. The number of β-amino-alcohol motifs (C(OH)–C–C–N with tert-alkyl or cyclic N) is 1. The summed E-state index contributed by atoms with van der Waals surface area (Å²) in [4.78, 5) is 13.4. The number of nitrogens with zero attached hydrogens (tertiary/aromatic N) is 1. The van der Waals surface area contributed by atoms with Crippen molar-refractivity contribution in [1.29, 1.82) is 0 Å². The molecule has 0 saturated carbocycles. The lowest BCUT2D eigenvalue weighted by atomic mass is 9.97. The van der Waals surface area contributed by atoms with Crippen LogP contribution in [0.25, 0.3) is 0 Å². The van der Waals surface area contributed by atoms with Gasteiger partial charge in [0.15, 0.2) is 0 Å². The monoisotopic (exact) mass is 263 g/mol. The smallest absolute Gasteiger partial charge is 0.226 e. The highest BCUT2D eigenvalue weighted by molar-refractivity contribution is 5.77. The van der Waals surface area contributed by atoms with Gasteiger partial charge in [0, 0.05) is 0 Å². The molecule has 0 bridgehead atoms. The molecule has 19 heavy (non-hydrogen) atoms. The van der Waals surface area contributed by atoms with E-state index in [1.54, 1.807) is 11.8 Å². The summed E-state index contributed by atoms with van der Waals surface area (Å²) in [5.74, 6) is 0.875. The van der Waals surface area contributed by atoms with E-state index in [0.717, 1.165) is 16.9 Å². The number of benzene rings is 1. The Morgan fingerprint density at radius 3 is 2.74 bits per heavy atom. The van der Waals surface area contributed by atoms with E-state index in [2.05, 4.69) is 0 Å². The highest BCUT2D eigenvalue weighted by atomic mass is 16.5. The van der Waals surface area contributed by atoms with Crippen LogP contribution in [-0.2, 0) is 4.79 Å². The minimum Gasteiger partial charge on any atom is -0.493 e. The maximum absolute atomic E-state index is 11.8.